The van der Waals surface area contributed by atoms with E-state index in [1.807, 2.05) is 32.4 Å². The third-order valence-electron chi connectivity index (χ3n) is 2.26. The van der Waals surface area contributed by atoms with Gasteiger partial charge in [-0.25, -0.2) is 4.67 Å². The highest BCUT2D eigenvalue weighted by molar-refractivity contribution is 7.59. The van der Waals surface area contributed by atoms with Crippen LogP contribution in [0.1, 0.15) is 27.7 Å². The largest absolute Gasteiger partial charge is 0.379 e. The van der Waals surface area contributed by atoms with Crippen molar-refractivity contribution in [2.45, 2.75) is 33.8 Å². The molecule has 0 N–H and O–H groups in total. The Bertz CT molecular complexity index is 349. The Morgan fingerprint density at radius 3 is 2.47 bits per heavy atom. The van der Waals surface area contributed by atoms with E-state index in [9.17, 15) is 4.57 Å². The second kappa shape index (κ2) is 6.53. The zero-order valence-corrected chi connectivity index (χ0v) is 12.0. The Morgan fingerprint density at radius 1 is 1.41 bits per heavy atom. The van der Waals surface area contributed by atoms with Crippen molar-refractivity contribution < 1.29 is 13.8 Å². The van der Waals surface area contributed by atoms with E-state index in [0.717, 1.165) is 5.57 Å². The van der Waals surface area contributed by atoms with Crippen molar-refractivity contribution in [2.24, 2.45) is 0 Å². The first-order valence-corrected chi connectivity index (χ1v) is 7.61. The summed E-state index contributed by atoms with van der Waals surface area (Å²) >= 11 is 0. The van der Waals surface area contributed by atoms with E-state index in [-0.39, 0.29) is 6.10 Å². The molecule has 0 radical (unpaired) electrons. The van der Waals surface area contributed by atoms with Gasteiger partial charge in [0.15, 0.2) is 0 Å². The van der Waals surface area contributed by atoms with Gasteiger partial charge in [-0.05, 0) is 33.3 Å². The zero-order chi connectivity index (χ0) is 12.9. The maximum atomic E-state index is 12.8. The van der Waals surface area contributed by atoms with Crippen molar-refractivity contribution in [3.05, 3.63) is 17.1 Å². The molecule has 5 heteroatoms. The fourth-order valence-electron chi connectivity index (χ4n) is 1.52. The monoisotopic (exact) mass is 259 g/mol. The maximum absolute atomic E-state index is 12.8. The van der Waals surface area contributed by atoms with E-state index in [0.29, 0.717) is 26.3 Å². The molecule has 1 heterocycles. The molecular weight excluding hydrogens is 237 g/mol. The minimum absolute atomic E-state index is 0.0705. The van der Waals surface area contributed by atoms with Gasteiger partial charge in [-0.2, -0.15) is 0 Å². The average molecular weight is 259 g/mol. The van der Waals surface area contributed by atoms with Crippen LogP contribution in [0.5, 0.6) is 0 Å². The Hall–Kier alpha value is -0.370. The van der Waals surface area contributed by atoms with Gasteiger partial charge in [-0.15, -0.1) is 5.73 Å². The van der Waals surface area contributed by atoms with Crippen LogP contribution in [0.4, 0.5) is 0 Å². The first-order chi connectivity index (χ1) is 7.94. The SMILES string of the molecule is CC(C)=C=CP(=O)(OC(C)C)N1CCOCC1. The molecule has 1 unspecified atom stereocenters. The number of ether oxygens (including phenoxy) is 1. The van der Waals surface area contributed by atoms with Crippen molar-refractivity contribution in [2.75, 3.05) is 26.3 Å². The molecule has 0 saturated carbocycles. The summed E-state index contributed by atoms with van der Waals surface area (Å²) in [7, 11) is -2.91. The summed E-state index contributed by atoms with van der Waals surface area (Å²) in [5.74, 6) is 1.59. The minimum Gasteiger partial charge on any atom is -0.379 e. The topological polar surface area (TPSA) is 38.8 Å². The molecule has 0 spiro atoms. The van der Waals surface area contributed by atoms with Gasteiger partial charge in [0.05, 0.1) is 25.1 Å². The predicted octanol–water partition coefficient (Wildman–Crippen LogP) is 3.02. The van der Waals surface area contributed by atoms with E-state index in [4.69, 9.17) is 9.26 Å². The van der Waals surface area contributed by atoms with Crippen LogP contribution in [0.25, 0.3) is 0 Å². The molecule has 1 aliphatic heterocycles. The number of rotatable bonds is 4. The lowest BCUT2D eigenvalue weighted by Crippen LogP contribution is -2.34. The highest BCUT2D eigenvalue weighted by Gasteiger charge is 2.31. The van der Waals surface area contributed by atoms with Gasteiger partial charge >= 0.3 is 7.52 Å². The molecule has 1 saturated heterocycles. The van der Waals surface area contributed by atoms with Gasteiger partial charge in [0.1, 0.15) is 0 Å². The third-order valence-corrected chi connectivity index (χ3v) is 4.63. The van der Waals surface area contributed by atoms with Crippen molar-refractivity contribution in [1.29, 1.82) is 0 Å². The summed E-state index contributed by atoms with van der Waals surface area (Å²) in [6.07, 6.45) is -0.0705. The van der Waals surface area contributed by atoms with Gasteiger partial charge < -0.3 is 9.26 Å². The summed E-state index contributed by atoms with van der Waals surface area (Å²) in [5, 5.41) is 0. The maximum Gasteiger partial charge on any atom is 0.303 e. The van der Waals surface area contributed by atoms with Gasteiger partial charge in [-0.3, -0.25) is 4.57 Å². The molecule has 1 atom stereocenters. The Kier molecular flexibility index (Phi) is 5.64. The smallest absolute Gasteiger partial charge is 0.303 e. The number of hydrogen-bond donors (Lipinski definition) is 0. The van der Waals surface area contributed by atoms with E-state index >= 15 is 0 Å². The van der Waals surface area contributed by atoms with Crippen LogP contribution in [-0.2, 0) is 13.8 Å². The Balaban J connectivity index is 2.92. The lowest BCUT2D eigenvalue weighted by Gasteiger charge is -2.32. The van der Waals surface area contributed by atoms with Crippen LogP contribution >= 0.6 is 7.52 Å². The quantitative estimate of drug-likeness (QED) is 0.574. The second-order valence-electron chi connectivity index (χ2n) is 4.56. The van der Waals surface area contributed by atoms with Crippen LogP contribution in [-0.4, -0.2) is 37.1 Å². The number of morpholine rings is 1. The average Bonchev–Trinajstić information content (AvgIpc) is 2.27. The molecule has 0 aromatic heterocycles. The van der Waals surface area contributed by atoms with Gasteiger partial charge in [-0.1, -0.05) is 0 Å². The molecule has 0 amide bonds. The van der Waals surface area contributed by atoms with Crippen molar-refractivity contribution >= 4 is 7.52 Å². The normalized spacial score (nSPS) is 20.8. The molecule has 0 aliphatic carbocycles. The summed E-state index contributed by atoms with van der Waals surface area (Å²) in [5.41, 5.74) is 4.00. The fourth-order valence-corrected chi connectivity index (χ4v) is 3.63. The lowest BCUT2D eigenvalue weighted by atomic mass is 10.4. The first kappa shape index (κ1) is 14.7. The molecule has 98 valence electrons. The van der Waals surface area contributed by atoms with Crippen LogP contribution < -0.4 is 0 Å². The highest BCUT2D eigenvalue weighted by Crippen LogP contribution is 2.53. The standard InChI is InChI=1S/C12H22NO3P/c1-11(2)5-10-17(14,16-12(3)4)13-6-8-15-9-7-13/h10,12H,6-9H2,1-4H3. The highest BCUT2D eigenvalue weighted by atomic mass is 31.2. The third kappa shape index (κ3) is 4.79. The van der Waals surface area contributed by atoms with Crippen molar-refractivity contribution in [3.63, 3.8) is 0 Å². The number of hydrogen-bond acceptors (Lipinski definition) is 3. The first-order valence-electron chi connectivity index (χ1n) is 5.96. The molecule has 0 bridgehead atoms. The Labute approximate surface area is 104 Å². The predicted molar refractivity (Wildman–Crippen MR) is 69.2 cm³/mol. The summed E-state index contributed by atoms with van der Waals surface area (Å²) in [6, 6.07) is 0. The van der Waals surface area contributed by atoms with Crippen molar-refractivity contribution in [3.8, 4) is 0 Å². The van der Waals surface area contributed by atoms with Crippen LogP contribution in [0, 0.1) is 0 Å². The molecule has 0 aromatic rings. The molecule has 1 aliphatic rings. The van der Waals surface area contributed by atoms with E-state index in [2.05, 4.69) is 5.73 Å². The summed E-state index contributed by atoms with van der Waals surface area (Å²) < 4.78 is 25.6. The minimum atomic E-state index is -2.91. The number of nitrogens with zero attached hydrogens (tertiary/aromatic N) is 1. The van der Waals surface area contributed by atoms with E-state index < -0.39 is 7.52 Å². The fraction of sp³-hybridized carbons (Fsp3) is 0.750. The number of allylic oxidation sites excluding steroid dienone is 1. The van der Waals surface area contributed by atoms with Crippen LogP contribution in [0.2, 0.25) is 0 Å². The second-order valence-corrected chi connectivity index (χ2v) is 6.72. The zero-order valence-electron chi connectivity index (χ0n) is 11.1. The van der Waals surface area contributed by atoms with Crippen LogP contribution in [0.3, 0.4) is 0 Å². The van der Waals surface area contributed by atoms with E-state index in [1.54, 1.807) is 5.82 Å². The molecule has 0 aromatic carbocycles. The van der Waals surface area contributed by atoms with Gasteiger partial charge in [0.2, 0.25) is 0 Å². The van der Waals surface area contributed by atoms with Gasteiger partial charge in [0.25, 0.3) is 0 Å². The summed E-state index contributed by atoms with van der Waals surface area (Å²) in [6.45, 7) is 10.1. The molecular formula is C12H22NO3P. The molecule has 1 rings (SSSR count). The van der Waals surface area contributed by atoms with E-state index in [1.165, 1.54) is 0 Å². The summed E-state index contributed by atoms with van der Waals surface area (Å²) in [4.78, 5) is 0. The Morgan fingerprint density at radius 2 is 2.00 bits per heavy atom. The molecule has 17 heavy (non-hydrogen) atoms. The molecule has 1 fully saturated rings. The molecule has 4 nitrogen and oxygen atoms in total. The van der Waals surface area contributed by atoms with Crippen molar-refractivity contribution in [1.82, 2.24) is 4.67 Å². The van der Waals surface area contributed by atoms with Crippen LogP contribution in [0.15, 0.2) is 17.1 Å². The van der Waals surface area contributed by atoms with Gasteiger partial charge in [0, 0.05) is 13.1 Å². The lowest BCUT2D eigenvalue weighted by molar-refractivity contribution is 0.0633.